The zero-order chi connectivity index (χ0) is 28.3. The van der Waals surface area contributed by atoms with E-state index in [1.54, 1.807) is 11.0 Å². The molecular weight excluding hydrogens is 508 g/mol. The van der Waals surface area contributed by atoms with Crippen molar-refractivity contribution in [3.05, 3.63) is 125 Å². The molecule has 0 aromatic heterocycles. The zero-order valence-electron chi connectivity index (χ0n) is 22.3. The number of hydrogen-bond donors (Lipinski definition) is 1. The summed E-state index contributed by atoms with van der Waals surface area (Å²) in [6.45, 7) is 0.772. The first-order valence-electron chi connectivity index (χ1n) is 12.6. The van der Waals surface area contributed by atoms with Gasteiger partial charge in [-0.05, 0) is 53.6 Å². The van der Waals surface area contributed by atoms with Crippen molar-refractivity contribution in [1.29, 1.82) is 0 Å². The molecule has 1 amide bonds. The van der Waals surface area contributed by atoms with Gasteiger partial charge >= 0.3 is 11.9 Å². The topological polar surface area (TPSA) is 94.2 Å². The fourth-order valence-electron chi connectivity index (χ4n) is 4.05. The number of methoxy groups -OCH3 is 2. The predicted octanol–water partition coefficient (Wildman–Crippen LogP) is 5.69. The number of amides is 1. The molecule has 4 aromatic carbocycles. The van der Waals surface area contributed by atoms with E-state index < -0.39 is 11.9 Å². The normalized spacial score (nSPS) is 10.3. The lowest BCUT2D eigenvalue weighted by molar-refractivity contribution is -0.130. The van der Waals surface area contributed by atoms with E-state index in [1.807, 2.05) is 84.9 Å². The molecular formula is C32H30N2O6. The molecule has 0 atom stereocenters. The molecule has 0 aliphatic rings. The standard InChI is InChI=1S/C32H30N2O6/c1-38-31(36)28-18-15-25(19-29(28)32(37)39-2)33-20-30(35)34(21-23-9-5-3-6-10-23)22-24-13-16-27(17-14-24)40-26-11-7-4-8-12-26/h3-19,33H,20-22H2,1-2H3. The van der Waals surface area contributed by atoms with Gasteiger partial charge in [0.05, 0.1) is 31.9 Å². The molecule has 0 bridgehead atoms. The van der Waals surface area contributed by atoms with Gasteiger partial charge in [0.1, 0.15) is 11.5 Å². The fraction of sp³-hybridized carbons (Fsp3) is 0.156. The average Bonchev–Trinajstić information content (AvgIpc) is 3.00. The Kier molecular flexibility index (Phi) is 9.50. The number of ether oxygens (including phenoxy) is 3. The summed E-state index contributed by atoms with van der Waals surface area (Å²) in [4.78, 5) is 39.5. The van der Waals surface area contributed by atoms with Crippen LogP contribution in [0.4, 0.5) is 5.69 Å². The van der Waals surface area contributed by atoms with Crippen molar-refractivity contribution in [3.8, 4) is 11.5 Å². The predicted molar refractivity (Wildman–Crippen MR) is 151 cm³/mol. The first kappa shape index (κ1) is 27.9. The molecule has 4 rings (SSSR count). The van der Waals surface area contributed by atoms with Gasteiger partial charge in [0.15, 0.2) is 0 Å². The third-order valence-electron chi connectivity index (χ3n) is 6.12. The molecule has 0 saturated heterocycles. The number of hydrogen-bond acceptors (Lipinski definition) is 7. The quantitative estimate of drug-likeness (QED) is 0.245. The van der Waals surface area contributed by atoms with Crippen LogP contribution in [0, 0.1) is 0 Å². The van der Waals surface area contributed by atoms with Crippen LogP contribution in [0.15, 0.2) is 103 Å². The second kappa shape index (κ2) is 13.6. The van der Waals surface area contributed by atoms with Gasteiger partial charge in [-0.25, -0.2) is 9.59 Å². The lowest BCUT2D eigenvalue weighted by atomic mass is 10.1. The monoisotopic (exact) mass is 538 g/mol. The summed E-state index contributed by atoms with van der Waals surface area (Å²) in [5.74, 6) is -0.0327. The highest BCUT2D eigenvalue weighted by atomic mass is 16.5. The van der Waals surface area contributed by atoms with Crippen LogP contribution in [0.25, 0.3) is 0 Å². The van der Waals surface area contributed by atoms with Gasteiger partial charge in [-0.3, -0.25) is 4.79 Å². The maximum absolute atomic E-state index is 13.4. The Bertz CT molecular complexity index is 1440. The number of nitrogens with one attached hydrogen (secondary N) is 1. The van der Waals surface area contributed by atoms with E-state index in [9.17, 15) is 14.4 Å². The van der Waals surface area contributed by atoms with E-state index in [1.165, 1.54) is 26.4 Å². The van der Waals surface area contributed by atoms with E-state index in [0.717, 1.165) is 16.9 Å². The Morgan fingerprint density at radius 1 is 0.650 bits per heavy atom. The average molecular weight is 539 g/mol. The maximum Gasteiger partial charge on any atom is 0.338 e. The third kappa shape index (κ3) is 7.48. The molecule has 40 heavy (non-hydrogen) atoms. The van der Waals surface area contributed by atoms with Gasteiger partial charge in [0, 0.05) is 18.8 Å². The number of carbonyl (C=O) groups is 3. The Hall–Kier alpha value is -5.11. The molecule has 1 N–H and O–H groups in total. The smallest absolute Gasteiger partial charge is 0.338 e. The molecule has 0 saturated carbocycles. The summed E-state index contributed by atoms with van der Waals surface area (Å²) in [5.41, 5.74) is 2.56. The van der Waals surface area contributed by atoms with Crippen molar-refractivity contribution in [3.63, 3.8) is 0 Å². The molecule has 0 aliphatic carbocycles. The van der Waals surface area contributed by atoms with Crippen molar-refractivity contribution < 1.29 is 28.6 Å². The highest BCUT2D eigenvalue weighted by Gasteiger charge is 2.20. The van der Waals surface area contributed by atoms with Crippen LogP contribution in [-0.2, 0) is 27.4 Å². The summed E-state index contributed by atoms with van der Waals surface area (Å²) in [7, 11) is 2.47. The number of nitrogens with zero attached hydrogens (tertiary/aromatic N) is 1. The van der Waals surface area contributed by atoms with Crippen molar-refractivity contribution in [1.82, 2.24) is 4.90 Å². The lowest BCUT2D eigenvalue weighted by Crippen LogP contribution is -2.34. The summed E-state index contributed by atoms with van der Waals surface area (Å²) in [5, 5.41) is 3.07. The van der Waals surface area contributed by atoms with Crippen LogP contribution in [0.3, 0.4) is 0 Å². The van der Waals surface area contributed by atoms with Crippen LogP contribution in [0.5, 0.6) is 11.5 Å². The van der Waals surface area contributed by atoms with Gasteiger partial charge in [0.2, 0.25) is 5.91 Å². The van der Waals surface area contributed by atoms with E-state index in [4.69, 9.17) is 14.2 Å². The number of benzene rings is 4. The lowest BCUT2D eigenvalue weighted by Gasteiger charge is -2.24. The number of rotatable bonds is 11. The number of anilines is 1. The molecule has 0 spiro atoms. The Morgan fingerprint density at radius 3 is 1.82 bits per heavy atom. The third-order valence-corrected chi connectivity index (χ3v) is 6.12. The first-order chi connectivity index (χ1) is 19.5. The van der Waals surface area contributed by atoms with E-state index in [2.05, 4.69) is 5.32 Å². The van der Waals surface area contributed by atoms with Crippen molar-refractivity contribution in [2.24, 2.45) is 0 Å². The van der Waals surface area contributed by atoms with Crippen molar-refractivity contribution >= 4 is 23.5 Å². The van der Waals surface area contributed by atoms with Gasteiger partial charge in [0.25, 0.3) is 0 Å². The second-order valence-electron chi connectivity index (χ2n) is 8.89. The van der Waals surface area contributed by atoms with Gasteiger partial charge < -0.3 is 24.4 Å². The van der Waals surface area contributed by atoms with Gasteiger partial charge in [-0.2, -0.15) is 0 Å². The van der Waals surface area contributed by atoms with Crippen molar-refractivity contribution in [2.45, 2.75) is 13.1 Å². The largest absolute Gasteiger partial charge is 0.465 e. The van der Waals surface area contributed by atoms with Crippen LogP contribution >= 0.6 is 0 Å². The van der Waals surface area contributed by atoms with Crippen molar-refractivity contribution in [2.75, 3.05) is 26.1 Å². The second-order valence-corrected chi connectivity index (χ2v) is 8.89. The Labute approximate surface area is 233 Å². The molecule has 0 fully saturated rings. The highest BCUT2D eigenvalue weighted by Crippen LogP contribution is 2.22. The molecule has 0 unspecified atom stereocenters. The molecule has 0 aliphatic heterocycles. The Morgan fingerprint density at radius 2 is 1.20 bits per heavy atom. The van der Waals surface area contributed by atoms with E-state index in [-0.39, 0.29) is 23.6 Å². The highest BCUT2D eigenvalue weighted by molar-refractivity contribution is 6.04. The molecule has 4 aromatic rings. The first-order valence-corrected chi connectivity index (χ1v) is 12.6. The molecule has 0 radical (unpaired) electrons. The van der Waals surface area contributed by atoms with Gasteiger partial charge in [-0.15, -0.1) is 0 Å². The molecule has 0 heterocycles. The van der Waals surface area contributed by atoms with E-state index in [0.29, 0.717) is 24.5 Å². The minimum absolute atomic E-state index is 0.0276. The van der Waals surface area contributed by atoms with Crippen LogP contribution < -0.4 is 10.1 Å². The molecule has 8 heteroatoms. The van der Waals surface area contributed by atoms with Crippen LogP contribution in [-0.4, -0.2) is 43.5 Å². The van der Waals surface area contributed by atoms with Crippen LogP contribution in [0.1, 0.15) is 31.8 Å². The number of para-hydroxylation sites is 1. The fourth-order valence-corrected chi connectivity index (χ4v) is 4.05. The number of esters is 2. The Balaban J connectivity index is 1.48. The summed E-state index contributed by atoms with van der Waals surface area (Å²) >= 11 is 0. The summed E-state index contributed by atoms with van der Waals surface area (Å²) in [6, 6.07) is 31.4. The number of carbonyl (C=O) groups excluding carboxylic acids is 3. The molecule has 8 nitrogen and oxygen atoms in total. The summed E-state index contributed by atoms with van der Waals surface area (Å²) < 4.78 is 15.4. The minimum Gasteiger partial charge on any atom is -0.465 e. The maximum atomic E-state index is 13.4. The summed E-state index contributed by atoms with van der Waals surface area (Å²) in [6.07, 6.45) is 0. The van der Waals surface area contributed by atoms with Crippen LogP contribution in [0.2, 0.25) is 0 Å². The van der Waals surface area contributed by atoms with E-state index >= 15 is 0 Å². The minimum atomic E-state index is -0.680. The molecule has 204 valence electrons. The van der Waals surface area contributed by atoms with Gasteiger partial charge in [-0.1, -0.05) is 60.7 Å². The SMILES string of the molecule is COC(=O)c1ccc(NCC(=O)N(Cc2ccccc2)Cc2ccc(Oc3ccccc3)cc2)cc1C(=O)OC. The zero-order valence-corrected chi connectivity index (χ0v) is 22.3.